The Balaban J connectivity index is 1.47. The highest BCUT2D eigenvalue weighted by Crippen LogP contribution is 2.36. The predicted octanol–water partition coefficient (Wildman–Crippen LogP) is 7.35. The van der Waals surface area contributed by atoms with Crippen LogP contribution in [0.5, 0.6) is 23.3 Å². The Hall–Kier alpha value is -4.83. The molecule has 2 atom stereocenters. The molecule has 0 spiro atoms. The zero-order valence-corrected chi connectivity index (χ0v) is 32.1. The van der Waals surface area contributed by atoms with Crippen molar-refractivity contribution in [2.24, 2.45) is 0 Å². The minimum atomic E-state index is -1.15. The predicted molar refractivity (Wildman–Crippen MR) is 205 cm³/mol. The van der Waals surface area contributed by atoms with E-state index in [1.54, 1.807) is 0 Å². The van der Waals surface area contributed by atoms with Gasteiger partial charge in [0.15, 0.2) is 0 Å². The van der Waals surface area contributed by atoms with Gasteiger partial charge in [0.1, 0.15) is 30.5 Å². The van der Waals surface area contributed by atoms with Gasteiger partial charge in [0, 0.05) is 12.1 Å². The molecular weight excluding hydrogens is 637 g/mol. The number of para-hydroxylation sites is 2. The zero-order chi connectivity index (χ0) is 34.4. The van der Waals surface area contributed by atoms with Crippen molar-refractivity contribution in [3.05, 3.63) is 167 Å². The molecule has 0 amide bonds. The Labute approximate surface area is 295 Å². The van der Waals surface area contributed by atoms with Crippen LogP contribution in [0.15, 0.2) is 133 Å². The molecule has 0 aliphatic rings. The van der Waals surface area contributed by atoms with Gasteiger partial charge in [-0.25, -0.2) is 9.97 Å². The van der Waals surface area contributed by atoms with Crippen LogP contribution in [0.2, 0.25) is 0 Å². The molecule has 0 saturated heterocycles. The van der Waals surface area contributed by atoms with Crippen molar-refractivity contribution in [1.29, 1.82) is 0 Å². The summed E-state index contributed by atoms with van der Waals surface area (Å²) in [7, 11) is -2.31. The molecule has 0 fully saturated rings. The van der Waals surface area contributed by atoms with E-state index in [1.807, 2.05) is 84.9 Å². The van der Waals surface area contributed by atoms with Crippen LogP contribution < -0.4 is 19.8 Å². The van der Waals surface area contributed by atoms with E-state index in [0.29, 0.717) is 11.8 Å². The summed E-state index contributed by atoms with van der Waals surface area (Å²) in [5.74, 6) is 2.57. The van der Waals surface area contributed by atoms with Crippen molar-refractivity contribution in [2.45, 2.75) is 52.0 Å². The summed E-state index contributed by atoms with van der Waals surface area (Å²) in [5, 5.41) is 1.27. The molecule has 5 nitrogen and oxygen atoms in total. The standard InChI is InChI=1S/C42H44N2O3Si2/c1-29-17-13-23-35(31(29)3)48-41(5,37-25-15-27-39(43-37)45-33-19-9-7-10-20-33)47-42(6,49-36-24-14-18-30(2)32(36)4)38-26-16-28-40(44-38)46-34-21-11-8-12-22-34/h7-28H,48-49H2,1-6H3. The number of benzene rings is 4. The third-order valence-corrected chi connectivity index (χ3v) is 14.1. The summed E-state index contributed by atoms with van der Waals surface area (Å²) >= 11 is 0. The Morgan fingerprint density at radius 2 is 0.837 bits per heavy atom. The number of hydrogen-bond acceptors (Lipinski definition) is 5. The first-order valence-corrected chi connectivity index (χ1v) is 19.7. The molecule has 6 rings (SSSR count). The van der Waals surface area contributed by atoms with E-state index < -0.39 is 29.5 Å². The maximum Gasteiger partial charge on any atom is 0.219 e. The van der Waals surface area contributed by atoms with Gasteiger partial charge in [-0.3, -0.25) is 0 Å². The van der Waals surface area contributed by atoms with Crippen LogP contribution in [0.25, 0.3) is 0 Å². The maximum absolute atomic E-state index is 7.69. The Bertz CT molecular complexity index is 1890. The lowest BCUT2D eigenvalue weighted by atomic mass is 10.1. The topological polar surface area (TPSA) is 53.5 Å². The van der Waals surface area contributed by atoms with Gasteiger partial charge in [0.25, 0.3) is 0 Å². The number of ether oxygens (including phenoxy) is 3. The lowest BCUT2D eigenvalue weighted by molar-refractivity contribution is -0.0630. The van der Waals surface area contributed by atoms with Crippen molar-refractivity contribution in [2.75, 3.05) is 0 Å². The zero-order valence-electron chi connectivity index (χ0n) is 29.2. The van der Waals surface area contributed by atoms with E-state index in [4.69, 9.17) is 24.2 Å². The van der Waals surface area contributed by atoms with Gasteiger partial charge in [0.2, 0.25) is 11.8 Å². The van der Waals surface area contributed by atoms with Crippen molar-refractivity contribution >= 4 is 29.4 Å². The minimum absolute atomic E-state index is 0.540. The molecule has 49 heavy (non-hydrogen) atoms. The molecule has 0 aliphatic carbocycles. The summed E-state index contributed by atoms with van der Waals surface area (Å²) in [6.07, 6.45) is 0. The molecule has 0 N–H and O–H groups in total. The first-order valence-electron chi connectivity index (χ1n) is 16.8. The van der Waals surface area contributed by atoms with E-state index in [1.165, 1.54) is 32.6 Å². The first-order chi connectivity index (χ1) is 23.6. The van der Waals surface area contributed by atoms with Crippen molar-refractivity contribution < 1.29 is 14.2 Å². The van der Waals surface area contributed by atoms with E-state index >= 15 is 0 Å². The van der Waals surface area contributed by atoms with Crippen LogP contribution in [-0.4, -0.2) is 29.0 Å². The fourth-order valence-corrected chi connectivity index (χ4v) is 11.1. The van der Waals surface area contributed by atoms with E-state index in [2.05, 4.69) is 90.1 Å². The fraction of sp³-hybridized carbons (Fsp3) is 0.190. The van der Waals surface area contributed by atoms with Crippen LogP contribution in [0.4, 0.5) is 0 Å². The number of aromatic nitrogens is 2. The molecule has 0 bridgehead atoms. The average molecular weight is 681 g/mol. The number of hydrogen-bond donors (Lipinski definition) is 0. The Morgan fingerprint density at radius 1 is 0.449 bits per heavy atom. The maximum atomic E-state index is 7.69. The van der Waals surface area contributed by atoms with E-state index in [0.717, 1.165) is 22.9 Å². The molecule has 7 heteroatoms. The van der Waals surface area contributed by atoms with Gasteiger partial charge < -0.3 is 14.2 Å². The highest BCUT2D eigenvalue weighted by Gasteiger charge is 2.42. The van der Waals surface area contributed by atoms with E-state index in [-0.39, 0.29) is 0 Å². The van der Waals surface area contributed by atoms with Gasteiger partial charge in [-0.1, -0.05) is 95.3 Å². The lowest BCUT2D eigenvalue weighted by Gasteiger charge is -2.41. The summed E-state index contributed by atoms with van der Waals surface area (Å²) < 4.78 is 20.2. The minimum Gasteiger partial charge on any atom is -0.439 e. The SMILES string of the molecule is Cc1cccc([SiH2]C(C)(OC(C)([SiH2]c2cccc(C)c2C)c2cccc(Oc3ccccc3)n2)c2cccc(Oc3ccccc3)n2)c1C. The van der Waals surface area contributed by atoms with Crippen molar-refractivity contribution in [1.82, 2.24) is 9.97 Å². The summed E-state index contributed by atoms with van der Waals surface area (Å²) in [6, 6.07) is 44.8. The molecule has 248 valence electrons. The van der Waals surface area contributed by atoms with Gasteiger partial charge in [-0.05, 0) is 100 Å². The second-order valence-electron chi connectivity index (χ2n) is 13.2. The molecule has 2 heterocycles. The van der Waals surface area contributed by atoms with Crippen LogP contribution in [0.3, 0.4) is 0 Å². The number of rotatable bonds is 12. The summed E-state index contributed by atoms with van der Waals surface area (Å²) in [4.78, 5) is 10.3. The summed E-state index contributed by atoms with van der Waals surface area (Å²) in [5.41, 5.74) is 6.89. The van der Waals surface area contributed by atoms with Crippen LogP contribution in [0, 0.1) is 27.7 Å². The highest BCUT2D eigenvalue weighted by atomic mass is 28.2. The molecule has 6 aromatic rings. The molecule has 0 radical (unpaired) electrons. The first kappa shape index (κ1) is 34.1. The second kappa shape index (κ2) is 14.7. The number of aryl methyl sites for hydroxylation is 2. The third kappa shape index (κ3) is 8.08. The number of pyridine rings is 2. The van der Waals surface area contributed by atoms with Crippen LogP contribution >= 0.6 is 0 Å². The fourth-order valence-electron chi connectivity index (χ4n) is 6.34. The Kier molecular flexibility index (Phi) is 10.2. The second-order valence-corrected chi connectivity index (χ2v) is 18.1. The third-order valence-electron chi connectivity index (χ3n) is 9.40. The monoisotopic (exact) mass is 680 g/mol. The normalized spacial score (nSPS) is 14.2. The van der Waals surface area contributed by atoms with Crippen LogP contribution in [0.1, 0.15) is 47.5 Å². The van der Waals surface area contributed by atoms with E-state index in [9.17, 15) is 0 Å². The van der Waals surface area contributed by atoms with Gasteiger partial charge in [0.05, 0.1) is 21.8 Å². The number of nitrogens with zero attached hydrogens (tertiary/aromatic N) is 2. The largest absolute Gasteiger partial charge is 0.439 e. The van der Waals surface area contributed by atoms with Crippen LogP contribution in [-0.2, 0) is 15.2 Å². The molecule has 4 aromatic carbocycles. The molecule has 0 saturated carbocycles. The summed E-state index contributed by atoms with van der Waals surface area (Å²) in [6.45, 7) is 13.2. The van der Waals surface area contributed by atoms with Gasteiger partial charge >= 0.3 is 0 Å². The highest BCUT2D eigenvalue weighted by molar-refractivity contribution is 6.58. The molecular formula is C42H44N2O3Si2. The van der Waals surface area contributed by atoms with Gasteiger partial charge in [-0.2, -0.15) is 0 Å². The van der Waals surface area contributed by atoms with Crippen molar-refractivity contribution in [3.63, 3.8) is 0 Å². The quantitative estimate of drug-likeness (QED) is 0.127. The van der Waals surface area contributed by atoms with Crippen molar-refractivity contribution in [3.8, 4) is 23.3 Å². The molecule has 0 aliphatic heterocycles. The Morgan fingerprint density at radius 3 is 1.24 bits per heavy atom. The molecule has 2 unspecified atom stereocenters. The smallest absolute Gasteiger partial charge is 0.219 e. The average Bonchev–Trinajstić information content (AvgIpc) is 3.10. The lowest BCUT2D eigenvalue weighted by Crippen LogP contribution is -2.51. The molecule has 2 aromatic heterocycles. The van der Waals surface area contributed by atoms with Gasteiger partial charge in [-0.15, -0.1) is 0 Å².